The number of nitrogens with one attached hydrogen (secondary N) is 1. The van der Waals surface area contributed by atoms with Crippen LogP contribution in [0.2, 0.25) is 10.0 Å². The summed E-state index contributed by atoms with van der Waals surface area (Å²) >= 11 is 13.0. The lowest BCUT2D eigenvalue weighted by molar-refractivity contribution is -0.113. The molecule has 1 aromatic heterocycles. The van der Waals surface area contributed by atoms with Crippen molar-refractivity contribution in [3.05, 3.63) is 52.5 Å². The summed E-state index contributed by atoms with van der Waals surface area (Å²) in [5, 5.41) is 24.8. The Morgan fingerprint density at radius 3 is 2.68 bits per heavy atom. The highest BCUT2D eigenvalue weighted by Gasteiger charge is 2.12. The maximum Gasteiger partial charge on any atom is 0.234 e. The van der Waals surface area contributed by atoms with Crippen LogP contribution in [0.4, 0.5) is 5.69 Å². The standard InChI is InChI=1S/C15H11Cl2N5O2S/c16-9-1-6-13(12(17)7-9)18-14(24)8-25-15-19-20-21-22(15)10-2-4-11(23)5-3-10/h1-7,23H,8H2,(H,18,24). The van der Waals surface area contributed by atoms with Crippen molar-refractivity contribution < 1.29 is 9.90 Å². The van der Waals surface area contributed by atoms with Crippen LogP contribution in [0, 0.1) is 0 Å². The molecular weight excluding hydrogens is 385 g/mol. The minimum Gasteiger partial charge on any atom is -0.508 e. The van der Waals surface area contributed by atoms with Crippen molar-refractivity contribution in [1.29, 1.82) is 0 Å². The molecule has 128 valence electrons. The number of hydrogen-bond donors (Lipinski definition) is 2. The van der Waals surface area contributed by atoms with E-state index in [-0.39, 0.29) is 17.4 Å². The smallest absolute Gasteiger partial charge is 0.234 e. The van der Waals surface area contributed by atoms with E-state index in [4.69, 9.17) is 23.2 Å². The Balaban J connectivity index is 1.65. The van der Waals surface area contributed by atoms with Gasteiger partial charge in [-0.05, 0) is 52.9 Å². The second-order valence-electron chi connectivity index (χ2n) is 4.85. The zero-order chi connectivity index (χ0) is 17.8. The summed E-state index contributed by atoms with van der Waals surface area (Å²) in [4.78, 5) is 12.1. The van der Waals surface area contributed by atoms with Crippen molar-refractivity contribution in [2.24, 2.45) is 0 Å². The molecule has 0 fully saturated rings. The van der Waals surface area contributed by atoms with Gasteiger partial charge in [0, 0.05) is 5.02 Å². The summed E-state index contributed by atoms with van der Waals surface area (Å²) in [5.74, 6) is -0.0167. The number of carbonyl (C=O) groups excluding carboxylic acids is 1. The summed E-state index contributed by atoms with van der Waals surface area (Å²) in [7, 11) is 0. The Hall–Kier alpha value is -2.29. The molecule has 0 aliphatic heterocycles. The first-order valence-electron chi connectivity index (χ1n) is 6.98. The van der Waals surface area contributed by atoms with Gasteiger partial charge in [0.05, 0.1) is 22.2 Å². The quantitative estimate of drug-likeness (QED) is 0.642. The number of thioether (sulfide) groups is 1. The predicted molar refractivity (Wildman–Crippen MR) is 96.6 cm³/mol. The zero-order valence-corrected chi connectivity index (χ0v) is 14.9. The van der Waals surface area contributed by atoms with Crippen molar-refractivity contribution >= 4 is 46.6 Å². The van der Waals surface area contributed by atoms with Crippen LogP contribution in [0.1, 0.15) is 0 Å². The minimum absolute atomic E-state index is 0.0947. The van der Waals surface area contributed by atoms with Gasteiger partial charge in [-0.25, -0.2) is 0 Å². The second-order valence-corrected chi connectivity index (χ2v) is 6.64. The Kier molecular flexibility index (Phi) is 5.42. The van der Waals surface area contributed by atoms with E-state index in [1.165, 1.54) is 28.6 Å². The van der Waals surface area contributed by atoms with Gasteiger partial charge >= 0.3 is 0 Å². The number of aromatic hydroxyl groups is 1. The van der Waals surface area contributed by atoms with Crippen LogP contribution in [-0.4, -0.2) is 37.0 Å². The molecule has 0 atom stereocenters. The number of nitrogens with zero attached hydrogens (tertiary/aromatic N) is 4. The number of tetrazole rings is 1. The highest BCUT2D eigenvalue weighted by atomic mass is 35.5. The number of hydrogen-bond acceptors (Lipinski definition) is 6. The molecule has 0 saturated heterocycles. The molecule has 7 nitrogen and oxygen atoms in total. The molecule has 0 bridgehead atoms. The molecule has 3 rings (SSSR count). The van der Waals surface area contributed by atoms with Crippen molar-refractivity contribution in [1.82, 2.24) is 20.2 Å². The summed E-state index contributed by atoms with van der Waals surface area (Å²) < 4.78 is 1.48. The maximum atomic E-state index is 12.1. The topological polar surface area (TPSA) is 92.9 Å². The van der Waals surface area contributed by atoms with E-state index < -0.39 is 0 Å². The number of phenols is 1. The first kappa shape index (κ1) is 17.5. The van der Waals surface area contributed by atoms with Gasteiger partial charge in [-0.15, -0.1) is 5.10 Å². The molecule has 0 aliphatic carbocycles. The van der Waals surface area contributed by atoms with Gasteiger partial charge in [-0.1, -0.05) is 35.0 Å². The lowest BCUT2D eigenvalue weighted by Gasteiger charge is -2.07. The van der Waals surface area contributed by atoms with Crippen molar-refractivity contribution in [3.63, 3.8) is 0 Å². The van der Waals surface area contributed by atoms with E-state index >= 15 is 0 Å². The normalized spacial score (nSPS) is 10.6. The summed E-state index contributed by atoms with van der Waals surface area (Å²) in [5.41, 5.74) is 1.15. The van der Waals surface area contributed by atoms with Gasteiger partial charge < -0.3 is 10.4 Å². The fourth-order valence-corrected chi connectivity index (χ4v) is 3.08. The number of benzene rings is 2. The maximum absolute atomic E-state index is 12.1. The Morgan fingerprint density at radius 1 is 1.20 bits per heavy atom. The average Bonchev–Trinajstić information content (AvgIpc) is 3.05. The molecule has 1 amide bonds. The number of halogens is 2. The van der Waals surface area contributed by atoms with Crippen LogP contribution in [0.15, 0.2) is 47.6 Å². The van der Waals surface area contributed by atoms with E-state index in [9.17, 15) is 9.90 Å². The summed E-state index contributed by atoms with van der Waals surface area (Å²) in [6.07, 6.45) is 0. The van der Waals surface area contributed by atoms with Crippen LogP contribution in [0.5, 0.6) is 5.75 Å². The molecule has 3 aromatic rings. The molecule has 0 saturated carbocycles. The molecule has 0 unspecified atom stereocenters. The molecule has 0 radical (unpaired) electrons. The second kappa shape index (κ2) is 7.73. The van der Waals surface area contributed by atoms with Gasteiger partial charge in [-0.3, -0.25) is 4.79 Å². The zero-order valence-electron chi connectivity index (χ0n) is 12.6. The number of phenolic OH excluding ortho intramolecular Hbond substituents is 1. The summed E-state index contributed by atoms with van der Waals surface area (Å²) in [6.45, 7) is 0. The summed E-state index contributed by atoms with van der Waals surface area (Å²) in [6, 6.07) is 11.2. The third-order valence-corrected chi connectivity index (χ3v) is 4.54. The van der Waals surface area contributed by atoms with Crippen molar-refractivity contribution in [3.8, 4) is 11.4 Å². The Bertz CT molecular complexity index is 901. The van der Waals surface area contributed by atoms with Crippen LogP contribution < -0.4 is 5.32 Å². The number of carbonyl (C=O) groups is 1. The molecule has 0 aliphatic rings. The van der Waals surface area contributed by atoms with E-state index in [2.05, 4.69) is 20.8 Å². The predicted octanol–water partition coefficient (Wildman–Crippen LogP) is 3.41. The number of rotatable bonds is 5. The van der Waals surface area contributed by atoms with E-state index in [0.29, 0.717) is 26.6 Å². The SMILES string of the molecule is O=C(CSc1nnnn1-c1ccc(O)cc1)Nc1ccc(Cl)cc1Cl. The van der Waals surface area contributed by atoms with E-state index in [1.54, 1.807) is 30.3 Å². The number of anilines is 1. The van der Waals surface area contributed by atoms with Gasteiger partial charge in [0.15, 0.2) is 0 Å². The fourth-order valence-electron chi connectivity index (χ4n) is 1.93. The molecule has 1 heterocycles. The largest absolute Gasteiger partial charge is 0.508 e. The average molecular weight is 396 g/mol. The van der Waals surface area contributed by atoms with Gasteiger partial charge in [0.1, 0.15) is 5.75 Å². The highest BCUT2D eigenvalue weighted by molar-refractivity contribution is 7.99. The third-order valence-electron chi connectivity index (χ3n) is 3.07. The fraction of sp³-hybridized carbons (Fsp3) is 0.0667. The van der Waals surface area contributed by atoms with Crippen LogP contribution in [-0.2, 0) is 4.79 Å². The molecule has 25 heavy (non-hydrogen) atoms. The number of aromatic nitrogens is 4. The monoisotopic (exact) mass is 395 g/mol. The Morgan fingerprint density at radius 2 is 1.96 bits per heavy atom. The van der Waals surface area contributed by atoms with Gasteiger partial charge in [-0.2, -0.15) is 4.68 Å². The molecule has 2 N–H and O–H groups in total. The molecular formula is C15H11Cl2N5O2S. The van der Waals surface area contributed by atoms with E-state index in [1.807, 2.05) is 0 Å². The van der Waals surface area contributed by atoms with Crippen LogP contribution in [0.25, 0.3) is 5.69 Å². The first-order chi connectivity index (χ1) is 12.0. The highest BCUT2D eigenvalue weighted by Crippen LogP contribution is 2.26. The van der Waals surface area contributed by atoms with Gasteiger partial charge in [0.2, 0.25) is 11.1 Å². The molecule has 2 aromatic carbocycles. The first-order valence-corrected chi connectivity index (χ1v) is 8.72. The van der Waals surface area contributed by atoms with Gasteiger partial charge in [0.25, 0.3) is 0 Å². The molecule has 0 spiro atoms. The lowest BCUT2D eigenvalue weighted by Crippen LogP contribution is -2.15. The number of amides is 1. The molecule has 10 heteroatoms. The third kappa shape index (κ3) is 4.41. The van der Waals surface area contributed by atoms with Crippen LogP contribution >= 0.6 is 35.0 Å². The Labute approximate surface area is 156 Å². The van der Waals surface area contributed by atoms with Crippen molar-refractivity contribution in [2.45, 2.75) is 5.16 Å². The van der Waals surface area contributed by atoms with Crippen LogP contribution in [0.3, 0.4) is 0 Å². The van der Waals surface area contributed by atoms with Crippen molar-refractivity contribution in [2.75, 3.05) is 11.1 Å². The minimum atomic E-state index is -0.255. The van der Waals surface area contributed by atoms with E-state index in [0.717, 1.165) is 0 Å². The lowest BCUT2D eigenvalue weighted by atomic mass is 10.3.